The van der Waals surface area contributed by atoms with Gasteiger partial charge in [0, 0.05) is 56.3 Å². The lowest BCUT2D eigenvalue weighted by atomic mass is 9.83. The molecule has 424 valence electrons. The summed E-state index contributed by atoms with van der Waals surface area (Å²) in [5.41, 5.74) is 4.95. The van der Waals surface area contributed by atoms with Crippen molar-refractivity contribution < 1.29 is 38.2 Å². The lowest BCUT2D eigenvalue weighted by Gasteiger charge is -2.42. The number of carbonyl (C=O) groups is 6. The molecule has 2 saturated carbocycles. The largest absolute Gasteiger partial charge is 0.377 e. The second kappa shape index (κ2) is 29.2. The minimum Gasteiger partial charge on any atom is -0.377 e. The van der Waals surface area contributed by atoms with Crippen molar-refractivity contribution in [2.24, 2.45) is 17.8 Å². The van der Waals surface area contributed by atoms with Gasteiger partial charge in [-0.2, -0.15) is 0 Å². The highest BCUT2D eigenvalue weighted by Crippen LogP contribution is 2.31. The minimum atomic E-state index is -0.661. The molecule has 0 spiro atoms. The number of rotatable bonds is 22. The summed E-state index contributed by atoms with van der Waals surface area (Å²) in [4.78, 5) is 92.6. The number of hydrogen-bond acceptors (Lipinski definition) is 9. The zero-order chi connectivity index (χ0) is 55.7. The first-order chi connectivity index (χ1) is 38.4. The van der Waals surface area contributed by atoms with Gasteiger partial charge in [0.05, 0.1) is 44.6 Å². The van der Waals surface area contributed by atoms with Gasteiger partial charge in [-0.25, -0.2) is 0 Å². The quantitative estimate of drug-likeness (QED) is 0.0719. The second-order valence-corrected chi connectivity index (χ2v) is 22.6. The van der Waals surface area contributed by atoms with E-state index in [-0.39, 0.29) is 79.5 Å². The Morgan fingerprint density at radius 1 is 0.532 bits per heavy atom. The van der Waals surface area contributed by atoms with Crippen LogP contribution < -0.4 is 16.0 Å². The summed E-state index contributed by atoms with van der Waals surface area (Å²) in [6.07, 6.45) is 11.1. The van der Waals surface area contributed by atoms with E-state index < -0.39 is 30.2 Å². The molecule has 6 amide bonds. The first-order valence-electron chi connectivity index (χ1n) is 29.3. The van der Waals surface area contributed by atoms with E-state index in [2.05, 4.69) is 40.2 Å². The number of hydrogen-bond donors (Lipinski definition) is 3. The summed E-state index contributed by atoms with van der Waals surface area (Å²) in [6, 6.07) is 32.6. The zero-order valence-electron chi connectivity index (χ0n) is 47.1. The third kappa shape index (κ3) is 15.9. The minimum absolute atomic E-state index is 0.0338. The molecule has 8 rings (SSSR count). The predicted octanol–water partition coefficient (Wildman–Crippen LogP) is 7.57. The van der Waals surface area contributed by atoms with Crippen LogP contribution in [0.2, 0.25) is 0 Å². The number of amides is 6. The number of nitrogens with zero attached hydrogens (tertiary/aromatic N) is 4. The van der Waals surface area contributed by atoms with E-state index in [1.807, 2.05) is 118 Å². The Hall–Kier alpha value is -6.42. The Morgan fingerprint density at radius 2 is 0.924 bits per heavy atom. The van der Waals surface area contributed by atoms with Crippen molar-refractivity contribution in [2.75, 3.05) is 72.7 Å². The molecule has 0 radical (unpaired) electrons. The van der Waals surface area contributed by atoms with E-state index >= 15 is 0 Å². The van der Waals surface area contributed by atoms with Crippen LogP contribution in [0.1, 0.15) is 117 Å². The van der Waals surface area contributed by atoms with Crippen molar-refractivity contribution in [2.45, 2.75) is 128 Å². The Labute approximate surface area is 468 Å². The predicted molar refractivity (Wildman–Crippen MR) is 307 cm³/mol. The maximum Gasteiger partial charge on any atom is 0.253 e. The van der Waals surface area contributed by atoms with E-state index in [1.54, 1.807) is 14.0 Å². The second-order valence-electron chi connectivity index (χ2n) is 22.6. The van der Waals surface area contributed by atoms with Gasteiger partial charge in [-0.15, -0.1) is 0 Å². The lowest BCUT2D eigenvalue weighted by Crippen LogP contribution is -2.61. The third-order valence-electron chi connectivity index (χ3n) is 16.8. The van der Waals surface area contributed by atoms with E-state index in [9.17, 15) is 28.8 Å². The molecule has 79 heavy (non-hydrogen) atoms. The number of ether oxygens (including phenoxy) is 2. The summed E-state index contributed by atoms with van der Waals surface area (Å²) in [5, 5.41) is 9.27. The Balaban J connectivity index is 0.984. The lowest BCUT2D eigenvalue weighted by molar-refractivity contribution is -0.147. The number of benzene rings is 4. The van der Waals surface area contributed by atoms with Crippen LogP contribution in [0.5, 0.6) is 0 Å². The van der Waals surface area contributed by atoms with Gasteiger partial charge in [0.15, 0.2) is 0 Å². The zero-order valence-corrected chi connectivity index (χ0v) is 47.1. The van der Waals surface area contributed by atoms with Crippen molar-refractivity contribution in [1.29, 1.82) is 0 Å². The van der Waals surface area contributed by atoms with Crippen LogP contribution in [0.25, 0.3) is 11.1 Å². The maximum atomic E-state index is 14.7. The van der Waals surface area contributed by atoms with Gasteiger partial charge >= 0.3 is 0 Å². The summed E-state index contributed by atoms with van der Waals surface area (Å²) in [5.74, 6) is -1.03. The van der Waals surface area contributed by atoms with Crippen LogP contribution in [0.3, 0.4) is 0 Å². The van der Waals surface area contributed by atoms with Crippen molar-refractivity contribution in [3.05, 3.63) is 131 Å². The van der Waals surface area contributed by atoms with E-state index in [0.29, 0.717) is 63.4 Å². The molecule has 4 fully saturated rings. The summed E-state index contributed by atoms with van der Waals surface area (Å²) < 4.78 is 12.0. The number of morpholine rings is 2. The average Bonchev–Trinajstić information content (AvgIpc) is 3.51. The standard InChI is InChI=1S/C64H85N7O8/c1-45(2)59(72)66-57(51-21-13-7-14-22-51)63(76)70-37-39-78-43-55(70)41-68(35-33-47-17-9-5-10-18-47)61(74)53-29-25-49(26-30-53)50-27-31-54(32-28-50)62(75)69(36-34-48-19-11-6-12-20-48)42-56-44-79-40-38-71(56)64(77)58(52-23-15-8-16-24-52)67-60(73)46(3)65-4/h5-6,9-12,17-20,25-32,45-46,51-52,55-58,65H,7-8,13-16,21-24,33-44H2,1-4H3,(H,66,72)(H,67,73)/t46-,55+,56+,57-,58-/m0/s1. The van der Waals surface area contributed by atoms with Crippen molar-refractivity contribution in [1.82, 2.24) is 35.6 Å². The topological polar surface area (TPSA) is 170 Å². The monoisotopic (exact) mass is 1080 g/mol. The van der Waals surface area contributed by atoms with Crippen molar-refractivity contribution in [3.8, 4) is 11.1 Å². The average molecular weight is 1080 g/mol. The van der Waals surface area contributed by atoms with Gasteiger partial charge in [-0.3, -0.25) is 28.8 Å². The van der Waals surface area contributed by atoms with Gasteiger partial charge in [-0.1, -0.05) is 137 Å². The summed E-state index contributed by atoms with van der Waals surface area (Å²) >= 11 is 0. The van der Waals surface area contributed by atoms with Gasteiger partial charge in [0.2, 0.25) is 23.6 Å². The Kier molecular flexibility index (Phi) is 21.7. The molecule has 15 nitrogen and oxygen atoms in total. The molecule has 15 heteroatoms. The fourth-order valence-electron chi connectivity index (χ4n) is 11.8. The molecule has 2 aliphatic carbocycles. The molecule has 2 saturated heterocycles. The van der Waals surface area contributed by atoms with E-state index in [0.717, 1.165) is 86.5 Å². The molecule has 0 unspecified atom stereocenters. The van der Waals surface area contributed by atoms with Gasteiger partial charge < -0.3 is 45.0 Å². The summed E-state index contributed by atoms with van der Waals surface area (Å²) in [7, 11) is 1.73. The first-order valence-corrected chi connectivity index (χ1v) is 29.3. The van der Waals surface area contributed by atoms with Crippen LogP contribution in [-0.4, -0.2) is 158 Å². The number of likely N-dealkylation sites (N-methyl/N-ethyl adjacent to an activating group) is 1. The first kappa shape index (κ1) is 58.7. The van der Waals surface area contributed by atoms with Gasteiger partial charge in [0.1, 0.15) is 12.1 Å². The van der Waals surface area contributed by atoms with Gasteiger partial charge in [0.25, 0.3) is 11.8 Å². The highest BCUT2D eigenvalue weighted by molar-refractivity contribution is 5.96. The molecule has 4 aliphatic rings. The van der Waals surface area contributed by atoms with Crippen molar-refractivity contribution in [3.63, 3.8) is 0 Å². The SMILES string of the molecule is CN[C@@H](C)C(=O)N[C@H](C(=O)N1CCOC[C@H]1CN(CCc1ccccc1)C(=O)c1ccc(-c2ccc(C(=O)N(CCc3ccccc3)C[C@@H]3COCCN3C(=O)[C@@H](NC(=O)C(C)C)C3CCCCC3)cc2)cc1)C1CCCCC1. The van der Waals surface area contributed by atoms with Crippen molar-refractivity contribution >= 4 is 35.4 Å². The third-order valence-corrected chi connectivity index (χ3v) is 16.8. The highest BCUT2D eigenvalue weighted by Gasteiger charge is 2.41. The molecule has 2 aliphatic heterocycles. The van der Waals surface area contributed by atoms with Crippen LogP contribution in [0, 0.1) is 17.8 Å². The molecular formula is C64H85N7O8. The molecular weight excluding hydrogens is 995 g/mol. The van der Waals surface area contributed by atoms with Crippen LogP contribution >= 0.6 is 0 Å². The fraction of sp³-hybridized carbons (Fsp3) is 0.531. The number of nitrogens with one attached hydrogen (secondary N) is 3. The van der Waals surface area contributed by atoms with Crippen LogP contribution in [0.15, 0.2) is 109 Å². The molecule has 0 bridgehead atoms. The normalized spacial score (nSPS) is 19.5. The molecule has 4 aromatic rings. The maximum absolute atomic E-state index is 14.7. The Morgan fingerprint density at radius 3 is 1.30 bits per heavy atom. The molecule has 0 aromatic heterocycles. The molecule has 4 aromatic carbocycles. The van der Waals surface area contributed by atoms with E-state index in [4.69, 9.17) is 9.47 Å². The van der Waals surface area contributed by atoms with Gasteiger partial charge in [-0.05, 0) is 111 Å². The highest BCUT2D eigenvalue weighted by atomic mass is 16.5. The molecule has 5 atom stereocenters. The van der Waals surface area contributed by atoms with Crippen LogP contribution in [0.4, 0.5) is 0 Å². The molecule has 2 heterocycles. The van der Waals surface area contributed by atoms with E-state index in [1.165, 1.54) is 0 Å². The molecule has 3 N–H and O–H groups in total. The number of carbonyl (C=O) groups excluding carboxylic acids is 6. The smallest absolute Gasteiger partial charge is 0.253 e. The Bertz CT molecular complexity index is 2610. The fourth-order valence-corrected chi connectivity index (χ4v) is 11.8. The van der Waals surface area contributed by atoms with Crippen LogP contribution in [-0.2, 0) is 41.5 Å². The summed E-state index contributed by atoms with van der Waals surface area (Å²) in [6.45, 7) is 8.92.